The van der Waals surface area contributed by atoms with Crippen LogP contribution in [-0.2, 0) is 9.47 Å². The van der Waals surface area contributed by atoms with Gasteiger partial charge < -0.3 is 18.8 Å². The van der Waals surface area contributed by atoms with Crippen molar-refractivity contribution >= 4 is 17.2 Å². The smallest absolute Gasteiger partial charge is 0.338 e. The molecule has 1 saturated heterocycles. The number of morpholine rings is 1. The zero-order valence-corrected chi connectivity index (χ0v) is 18.8. The van der Waals surface area contributed by atoms with Gasteiger partial charge in [-0.2, -0.15) is 0 Å². The van der Waals surface area contributed by atoms with Crippen LogP contribution in [0.5, 0.6) is 0 Å². The molecule has 4 rings (SSSR count). The first kappa shape index (κ1) is 21.2. The monoisotopic (exact) mass is 418 g/mol. The molecule has 1 fully saturated rings. The zero-order chi connectivity index (χ0) is 22.1. The van der Waals surface area contributed by atoms with Gasteiger partial charge in [0.1, 0.15) is 0 Å². The van der Waals surface area contributed by atoms with Gasteiger partial charge in [0.15, 0.2) is 0 Å². The van der Waals surface area contributed by atoms with E-state index in [1.807, 2.05) is 26.8 Å². The number of pyridine rings is 1. The largest absolute Gasteiger partial charge is 0.459 e. The topological polar surface area (TPSA) is 43.2 Å². The van der Waals surface area contributed by atoms with Gasteiger partial charge in [0.05, 0.1) is 41.8 Å². The number of nitrogens with zero attached hydrogens (tertiary/aromatic N) is 2. The Morgan fingerprint density at radius 3 is 2.55 bits per heavy atom. The van der Waals surface area contributed by atoms with Crippen molar-refractivity contribution in [2.75, 3.05) is 26.3 Å². The molecule has 0 bridgehead atoms. The van der Waals surface area contributed by atoms with E-state index in [9.17, 15) is 4.79 Å². The number of esters is 1. The average molecular weight is 419 g/mol. The van der Waals surface area contributed by atoms with Crippen LogP contribution >= 0.6 is 0 Å². The van der Waals surface area contributed by atoms with E-state index in [0.29, 0.717) is 18.8 Å². The maximum Gasteiger partial charge on any atom is 0.338 e. The van der Waals surface area contributed by atoms with Crippen LogP contribution in [-0.4, -0.2) is 47.7 Å². The fourth-order valence-electron chi connectivity index (χ4n) is 4.22. The molecular formula is C26H30N2O3. The molecule has 0 amide bonds. The number of fused-ring (bicyclic) bond motifs is 1. The summed E-state index contributed by atoms with van der Waals surface area (Å²) in [5, 5.41) is 0. The number of hydrogen-bond acceptors (Lipinski definition) is 4. The SMILES string of the molecule is C=C(c1c(C)c(C(=O)OC(C)C)cc2c(-c3cccc(C)c3)ccn12)N1CCOCC1. The van der Waals surface area contributed by atoms with Crippen molar-refractivity contribution in [3.8, 4) is 11.1 Å². The highest BCUT2D eigenvalue weighted by atomic mass is 16.5. The second-order valence-corrected chi connectivity index (χ2v) is 8.39. The lowest BCUT2D eigenvalue weighted by molar-refractivity contribution is 0.0377. The summed E-state index contributed by atoms with van der Waals surface area (Å²) in [5.74, 6) is -0.303. The third kappa shape index (κ3) is 4.10. The predicted molar refractivity (Wildman–Crippen MR) is 124 cm³/mol. The van der Waals surface area contributed by atoms with Gasteiger partial charge in [0, 0.05) is 24.8 Å². The molecule has 2 aromatic heterocycles. The molecule has 3 heterocycles. The molecule has 0 unspecified atom stereocenters. The van der Waals surface area contributed by atoms with Crippen LogP contribution in [0, 0.1) is 13.8 Å². The van der Waals surface area contributed by atoms with Gasteiger partial charge in [-0.05, 0) is 51.0 Å². The Bertz CT molecular complexity index is 1140. The number of carbonyl (C=O) groups excluding carboxylic acids is 1. The highest BCUT2D eigenvalue weighted by Crippen LogP contribution is 2.33. The highest BCUT2D eigenvalue weighted by molar-refractivity contribution is 5.96. The van der Waals surface area contributed by atoms with Crippen molar-refractivity contribution in [3.05, 3.63) is 71.6 Å². The Balaban J connectivity index is 1.93. The van der Waals surface area contributed by atoms with Crippen molar-refractivity contribution in [2.45, 2.75) is 33.8 Å². The lowest BCUT2D eigenvalue weighted by atomic mass is 10.0. The van der Waals surface area contributed by atoms with Gasteiger partial charge in [-0.25, -0.2) is 4.79 Å². The molecule has 0 aliphatic carbocycles. The van der Waals surface area contributed by atoms with Crippen molar-refractivity contribution in [2.24, 2.45) is 0 Å². The summed E-state index contributed by atoms with van der Waals surface area (Å²) in [7, 11) is 0. The Kier molecular flexibility index (Phi) is 5.88. The van der Waals surface area contributed by atoms with Crippen LogP contribution in [0.3, 0.4) is 0 Å². The normalized spacial score (nSPS) is 14.3. The Morgan fingerprint density at radius 1 is 1.13 bits per heavy atom. The van der Waals surface area contributed by atoms with E-state index in [1.165, 1.54) is 5.56 Å². The summed E-state index contributed by atoms with van der Waals surface area (Å²) in [6.45, 7) is 15.1. The summed E-state index contributed by atoms with van der Waals surface area (Å²) in [5.41, 5.74) is 7.66. The molecule has 0 radical (unpaired) electrons. The summed E-state index contributed by atoms with van der Waals surface area (Å²) < 4.78 is 13.2. The van der Waals surface area contributed by atoms with E-state index in [1.54, 1.807) is 0 Å². The number of ether oxygens (including phenoxy) is 2. The third-order valence-corrected chi connectivity index (χ3v) is 5.76. The van der Waals surface area contributed by atoms with Gasteiger partial charge in [-0.15, -0.1) is 0 Å². The van der Waals surface area contributed by atoms with E-state index in [-0.39, 0.29) is 12.1 Å². The lowest BCUT2D eigenvalue weighted by Crippen LogP contribution is -2.35. The van der Waals surface area contributed by atoms with E-state index >= 15 is 0 Å². The number of benzene rings is 1. The average Bonchev–Trinajstić information content (AvgIpc) is 3.16. The van der Waals surface area contributed by atoms with Crippen LogP contribution in [0.2, 0.25) is 0 Å². The Hall–Kier alpha value is -3.05. The van der Waals surface area contributed by atoms with Gasteiger partial charge in [-0.1, -0.05) is 36.4 Å². The molecule has 0 atom stereocenters. The van der Waals surface area contributed by atoms with Crippen LogP contribution in [0.4, 0.5) is 0 Å². The predicted octanol–water partition coefficient (Wildman–Crippen LogP) is 5.09. The van der Waals surface area contributed by atoms with E-state index in [4.69, 9.17) is 9.47 Å². The second kappa shape index (κ2) is 8.60. The molecule has 0 N–H and O–H groups in total. The highest BCUT2D eigenvalue weighted by Gasteiger charge is 2.24. The van der Waals surface area contributed by atoms with Crippen LogP contribution < -0.4 is 0 Å². The van der Waals surface area contributed by atoms with Gasteiger partial charge in [-0.3, -0.25) is 0 Å². The van der Waals surface area contributed by atoms with Crippen LogP contribution in [0.25, 0.3) is 22.3 Å². The lowest BCUT2D eigenvalue weighted by Gasteiger charge is -2.32. The second-order valence-electron chi connectivity index (χ2n) is 8.39. The standard InChI is InChI=1S/C26H30N2O3/c1-17(2)31-26(29)23-16-24-22(21-8-6-7-18(3)15-21)9-10-28(24)25(19(23)4)20(5)27-11-13-30-14-12-27/h6-10,15-17H,5,11-14H2,1-4H3. The number of hydrogen-bond donors (Lipinski definition) is 0. The molecular weight excluding hydrogens is 388 g/mol. The molecule has 162 valence electrons. The number of aryl methyl sites for hydroxylation is 1. The van der Waals surface area contributed by atoms with Crippen LogP contribution in [0.1, 0.15) is 41.0 Å². The molecule has 31 heavy (non-hydrogen) atoms. The third-order valence-electron chi connectivity index (χ3n) is 5.76. The van der Waals surface area contributed by atoms with Gasteiger partial charge in [0.25, 0.3) is 0 Å². The first-order chi connectivity index (χ1) is 14.9. The molecule has 0 spiro atoms. The maximum atomic E-state index is 13.0. The minimum atomic E-state index is -0.303. The molecule has 3 aromatic rings. The fraction of sp³-hybridized carbons (Fsp3) is 0.346. The minimum absolute atomic E-state index is 0.183. The zero-order valence-electron chi connectivity index (χ0n) is 18.8. The molecule has 1 aliphatic heterocycles. The van der Waals surface area contributed by atoms with E-state index < -0.39 is 0 Å². The van der Waals surface area contributed by atoms with Gasteiger partial charge >= 0.3 is 5.97 Å². The summed E-state index contributed by atoms with van der Waals surface area (Å²) >= 11 is 0. The van der Waals surface area contributed by atoms with Crippen molar-refractivity contribution in [1.82, 2.24) is 9.30 Å². The minimum Gasteiger partial charge on any atom is -0.459 e. The Morgan fingerprint density at radius 2 is 1.87 bits per heavy atom. The van der Waals surface area contributed by atoms with Crippen LogP contribution in [0.15, 0.2) is 49.2 Å². The number of rotatable bonds is 5. The Labute approximate surface area is 183 Å². The van der Waals surface area contributed by atoms with Crippen molar-refractivity contribution in [1.29, 1.82) is 0 Å². The van der Waals surface area contributed by atoms with Gasteiger partial charge in [0.2, 0.25) is 0 Å². The van der Waals surface area contributed by atoms with Crippen molar-refractivity contribution in [3.63, 3.8) is 0 Å². The van der Waals surface area contributed by atoms with E-state index in [2.05, 4.69) is 59.3 Å². The molecule has 0 saturated carbocycles. The summed E-state index contributed by atoms with van der Waals surface area (Å²) in [4.78, 5) is 15.2. The first-order valence-corrected chi connectivity index (χ1v) is 10.8. The maximum absolute atomic E-state index is 13.0. The van der Waals surface area contributed by atoms with E-state index in [0.717, 1.165) is 46.7 Å². The summed E-state index contributed by atoms with van der Waals surface area (Å²) in [6, 6.07) is 12.5. The molecule has 1 aliphatic rings. The molecule has 5 nitrogen and oxygen atoms in total. The quantitative estimate of drug-likeness (QED) is 0.541. The fourth-order valence-corrected chi connectivity index (χ4v) is 4.22. The molecule has 5 heteroatoms. The number of aromatic nitrogens is 1. The summed E-state index contributed by atoms with van der Waals surface area (Å²) in [6.07, 6.45) is 1.88. The van der Waals surface area contributed by atoms with Crippen molar-refractivity contribution < 1.29 is 14.3 Å². The molecule has 1 aromatic carbocycles. The number of carbonyl (C=O) groups is 1. The first-order valence-electron chi connectivity index (χ1n) is 10.8.